The Morgan fingerprint density at radius 2 is 1.86 bits per heavy atom. The fourth-order valence-corrected chi connectivity index (χ4v) is 5.31. The van der Waals surface area contributed by atoms with Gasteiger partial charge in [-0.05, 0) is 57.8 Å². The first kappa shape index (κ1) is 22.7. The molecular formula is C24H38O4. The average Bonchev–Trinajstić information content (AvgIpc) is 2.88. The van der Waals surface area contributed by atoms with Crippen LogP contribution in [0.5, 0.6) is 0 Å². The Kier molecular flexibility index (Phi) is 7.17. The van der Waals surface area contributed by atoms with Gasteiger partial charge in [-0.25, -0.2) is 0 Å². The molecule has 0 bridgehead atoms. The molecule has 0 amide bonds. The predicted molar refractivity (Wildman–Crippen MR) is 112 cm³/mol. The molecule has 0 aromatic rings. The van der Waals surface area contributed by atoms with Crippen LogP contribution in [0.2, 0.25) is 0 Å². The predicted octanol–water partition coefficient (Wildman–Crippen LogP) is 5.61. The molecule has 1 saturated carbocycles. The number of hydrogen-bond acceptors (Lipinski definition) is 4. The van der Waals surface area contributed by atoms with E-state index < -0.39 is 5.60 Å². The van der Waals surface area contributed by atoms with Crippen molar-refractivity contribution in [3.05, 3.63) is 23.8 Å². The molecule has 0 N–H and O–H groups in total. The fourth-order valence-electron chi connectivity index (χ4n) is 5.31. The van der Waals surface area contributed by atoms with E-state index in [1.165, 1.54) is 19.4 Å². The van der Waals surface area contributed by atoms with E-state index >= 15 is 0 Å². The van der Waals surface area contributed by atoms with Crippen molar-refractivity contribution in [2.24, 2.45) is 23.2 Å². The van der Waals surface area contributed by atoms with Crippen LogP contribution in [0.3, 0.4) is 0 Å². The molecule has 2 rings (SSSR count). The maximum absolute atomic E-state index is 12.0. The molecule has 4 heteroatoms. The van der Waals surface area contributed by atoms with Gasteiger partial charge in [0, 0.05) is 32.1 Å². The van der Waals surface area contributed by atoms with Crippen LogP contribution < -0.4 is 0 Å². The van der Waals surface area contributed by atoms with Crippen molar-refractivity contribution in [3.63, 3.8) is 0 Å². The smallest absolute Gasteiger partial charge is 0.303 e. The van der Waals surface area contributed by atoms with Crippen LogP contribution in [0.4, 0.5) is 0 Å². The largest absolute Gasteiger partial charge is 0.462 e. The van der Waals surface area contributed by atoms with E-state index in [2.05, 4.69) is 39.0 Å². The number of esters is 2. The maximum atomic E-state index is 12.0. The number of hydrogen-bond donors (Lipinski definition) is 0. The van der Waals surface area contributed by atoms with Crippen molar-refractivity contribution < 1.29 is 19.1 Å². The van der Waals surface area contributed by atoms with Gasteiger partial charge in [0.25, 0.3) is 0 Å². The Morgan fingerprint density at radius 3 is 2.46 bits per heavy atom. The zero-order chi connectivity index (χ0) is 21.1. The van der Waals surface area contributed by atoms with E-state index in [0.29, 0.717) is 5.92 Å². The van der Waals surface area contributed by atoms with Gasteiger partial charge >= 0.3 is 11.9 Å². The molecule has 2 aliphatic carbocycles. The first-order valence-electron chi connectivity index (χ1n) is 10.7. The number of fused-ring (bicyclic) bond motifs is 1. The van der Waals surface area contributed by atoms with E-state index in [1.807, 2.05) is 13.8 Å². The summed E-state index contributed by atoms with van der Waals surface area (Å²) in [7, 11) is 0. The van der Waals surface area contributed by atoms with E-state index in [-0.39, 0.29) is 35.3 Å². The van der Waals surface area contributed by atoms with Gasteiger partial charge in [-0.3, -0.25) is 9.59 Å². The molecule has 1 fully saturated rings. The first-order valence-corrected chi connectivity index (χ1v) is 10.7. The third kappa shape index (κ3) is 5.48. The van der Waals surface area contributed by atoms with E-state index in [1.54, 1.807) is 0 Å². The minimum absolute atomic E-state index is 0.0932. The monoisotopic (exact) mass is 390 g/mol. The molecule has 0 heterocycles. The maximum Gasteiger partial charge on any atom is 0.303 e. The average molecular weight is 391 g/mol. The van der Waals surface area contributed by atoms with Crippen molar-refractivity contribution in [2.75, 3.05) is 0 Å². The first-order chi connectivity index (χ1) is 12.9. The summed E-state index contributed by atoms with van der Waals surface area (Å²) in [6.45, 7) is 13.6. The van der Waals surface area contributed by atoms with Gasteiger partial charge in [0.15, 0.2) is 0 Å². The highest BCUT2D eigenvalue weighted by Gasteiger charge is 2.54. The van der Waals surface area contributed by atoms with E-state index in [4.69, 9.17) is 9.47 Å². The van der Waals surface area contributed by atoms with Gasteiger partial charge in [0.1, 0.15) is 11.7 Å². The topological polar surface area (TPSA) is 52.6 Å². The summed E-state index contributed by atoms with van der Waals surface area (Å²) in [5.41, 5.74) is 0.559. The van der Waals surface area contributed by atoms with Crippen molar-refractivity contribution in [1.82, 2.24) is 0 Å². The van der Waals surface area contributed by atoms with Gasteiger partial charge < -0.3 is 9.47 Å². The molecule has 2 unspecified atom stereocenters. The van der Waals surface area contributed by atoms with Gasteiger partial charge in [0.05, 0.1) is 0 Å². The summed E-state index contributed by atoms with van der Waals surface area (Å²) in [6, 6.07) is 0. The molecule has 0 radical (unpaired) electrons. The SMILES string of the molecule is CC(=O)O[C@H]1C/C(C)=C/CC[C@@H](C)/C=C/[C@@]2(C)CCC(C(C)(C)OC(C)=O)C12. The Hall–Kier alpha value is -1.58. The van der Waals surface area contributed by atoms with Crippen molar-refractivity contribution in [3.8, 4) is 0 Å². The minimum Gasteiger partial charge on any atom is -0.462 e. The van der Waals surface area contributed by atoms with Crippen LogP contribution >= 0.6 is 0 Å². The lowest BCUT2D eigenvalue weighted by molar-refractivity contribution is -0.168. The molecule has 28 heavy (non-hydrogen) atoms. The number of ether oxygens (including phenoxy) is 2. The number of carbonyl (C=O) groups excluding carboxylic acids is 2. The summed E-state index contributed by atoms with van der Waals surface area (Å²) in [4.78, 5) is 23.7. The Balaban J connectivity index is 2.52. The summed E-state index contributed by atoms with van der Waals surface area (Å²) in [5.74, 6) is 0.213. The van der Waals surface area contributed by atoms with Crippen molar-refractivity contribution in [1.29, 1.82) is 0 Å². The van der Waals surface area contributed by atoms with Crippen molar-refractivity contribution in [2.45, 2.75) is 92.3 Å². The Bertz CT molecular complexity index is 645. The Labute approximate surface area is 170 Å². The molecule has 0 spiro atoms. The number of carbonyl (C=O) groups is 2. The lowest BCUT2D eigenvalue weighted by Gasteiger charge is -2.42. The van der Waals surface area contributed by atoms with Crippen molar-refractivity contribution >= 4 is 11.9 Å². The molecule has 0 aromatic heterocycles. The molecule has 2 aliphatic rings. The molecule has 158 valence electrons. The highest BCUT2D eigenvalue weighted by Crippen LogP contribution is 2.55. The second-order valence-corrected chi connectivity index (χ2v) is 9.69. The summed E-state index contributed by atoms with van der Waals surface area (Å²) < 4.78 is 11.7. The molecule has 4 nitrogen and oxygen atoms in total. The standard InChI is InChI=1S/C24H38O4/c1-16-9-8-10-17(2)15-21(27-18(3)25)22-20(23(5,6)28-19(4)26)12-14-24(22,7)13-11-16/h10-11,13,16,20-22H,8-9,12,14-15H2,1-7H3/b13-11+,17-10+/t16-,20?,21+,22?,24+/m1/s1. The van der Waals surface area contributed by atoms with Gasteiger partial charge in [-0.1, -0.05) is 37.6 Å². The van der Waals surface area contributed by atoms with Crippen LogP contribution in [0.15, 0.2) is 23.8 Å². The molecule has 0 saturated heterocycles. The zero-order valence-electron chi connectivity index (χ0n) is 18.7. The molecule has 0 aliphatic heterocycles. The highest BCUT2D eigenvalue weighted by molar-refractivity contribution is 5.67. The summed E-state index contributed by atoms with van der Waals surface area (Å²) in [5, 5.41) is 0. The Morgan fingerprint density at radius 1 is 1.18 bits per heavy atom. The number of allylic oxidation sites excluding steroid dienone is 3. The van der Waals surface area contributed by atoms with Crippen LogP contribution in [-0.2, 0) is 19.1 Å². The van der Waals surface area contributed by atoms with Crippen LogP contribution in [0.1, 0.15) is 80.6 Å². The normalized spacial score (nSPS) is 37.0. The lowest BCUT2D eigenvalue weighted by atomic mass is 9.68. The summed E-state index contributed by atoms with van der Waals surface area (Å²) >= 11 is 0. The van der Waals surface area contributed by atoms with E-state index in [0.717, 1.165) is 32.1 Å². The molecule has 5 atom stereocenters. The number of rotatable bonds is 3. The van der Waals surface area contributed by atoms with Gasteiger partial charge in [-0.2, -0.15) is 0 Å². The van der Waals surface area contributed by atoms with Gasteiger partial charge in [0.2, 0.25) is 0 Å². The van der Waals surface area contributed by atoms with Crippen LogP contribution in [-0.4, -0.2) is 23.6 Å². The lowest BCUT2D eigenvalue weighted by Crippen LogP contribution is -2.46. The molecular weight excluding hydrogens is 352 g/mol. The van der Waals surface area contributed by atoms with Crippen LogP contribution in [0, 0.1) is 23.2 Å². The quantitative estimate of drug-likeness (QED) is 0.464. The second kappa shape index (κ2) is 8.84. The fraction of sp³-hybridized carbons (Fsp3) is 0.750. The third-order valence-electron chi connectivity index (χ3n) is 6.65. The van der Waals surface area contributed by atoms with Crippen LogP contribution in [0.25, 0.3) is 0 Å². The highest BCUT2D eigenvalue weighted by atomic mass is 16.6. The van der Waals surface area contributed by atoms with Gasteiger partial charge in [-0.15, -0.1) is 0 Å². The minimum atomic E-state index is -0.607. The van der Waals surface area contributed by atoms with E-state index in [9.17, 15) is 9.59 Å². The molecule has 0 aromatic carbocycles. The summed E-state index contributed by atoms with van der Waals surface area (Å²) in [6.07, 6.45) is 11.6. The zero-order valence-corrected chi connectivity index (χ0v) is 18.7. The third-order valence-corrected chi connectivity index (χ3v) is 6.65. The second-order valence-electron chi connectivity index (χ2n) is 9.69.